The van der Waals surface area contributed by atoms with E-state index in [0.29, 0.717) is 29.6 Å². The Bertz CT molecular complexity index is 983. The number of methoxy groups -OCH3 is 1. The van der Waals surface area contributed by atoms with Crippen LogP contribution in [0.15, 0.2) is 12.2 Å². The van der Waals surface area contributed by atoms with E-state index in [4.69, 9.17) is 9.47 Å². The molecule has 0 aromatic rings. The third-order valence-electron chi connectivity index (χ3n) is 13.9. The maximum atomic E-state index is 13.4. The summed E-state index contributed by atoms with van der Waals surface area (Å²) in [6.07, 6.45) is 11.1. The largest absolute Gasteiger partial charge is 0.469 e. The first-order chi connectivity index (χ1) is 17.2. The minimum absolute atomic E-state index is 0.0130. The Morgan fingerprint density at radius 3 is 2.11 bits per heavy atom. The Labute approximate surface area is 225 Å². The van der Waals surface area contributed by atoms with Crippen LogP contribution in [0.1, 0.15) is 113 Å². The summed E-state index contributed by atoms with van der Waals surface area (Å²) in [5.41, 5.74) is 1.63. The van der Waals surface area contributed by atoms with Gasteiger partial charge < -0.3 is 9.47 Å². The molecule has 4 nitrogen and oxygen atoms in total. The summed E-state index contributed by atoms with van der Waals surface area (Å²) in [5.74, 6) is 2.43. The molecular weight excluding hydrogens is 460 g/mol. The minimum atomic E-state index is -0.322. The van der Waals surface area contributed by atoms with Gasteiger partial charge in [0.15, 0.2) is 0 Å². The van der Waals surface area contributed by atoms with E-state index in [1.807, 2.05) is 0 Å². The van der Waals surface area contributed by atoms with Gasteiger partial charge in [0.2, 0.25) is 0 Å². The lowest BCUT2D eigenvalue weighted by Gasteiger charge is -2.72. The highest BCUT2D eigenvalue weighted by molar-refractivity contribution is 5.78. The molecule has 0 saturated heterocycles. The van der Waals surface area contributed by atoms with Crippen molar-refractivity contribution in [2.24, 2.45) is 56.7 Å². The van der Waals surface area contributed by atoms with Gasteiger partial charge in [0, 0.05) is 12.3 Å². The number of carbonyl (C=O) groups excluding carboxylic acids is 2. The summed E-state index contributed by atoms with van der Waals surface area (Å²) in [5, 5.41) is 0. The molecule has 5 fully saturated rings. The highest BCUT2D eigenvalue weighted by Gasteiger charge is 2.72. The molecule has 37 heavy (non-hydrogen) atoms. The number of fused-ring (bicyclic) bond motifs is 7. The third kappa shape index (κ3) is 3.45. The maximum Gasteiger partial charge on any atom is 0.312 e. The van der Waals surface area contributed by atoms with Gasteiger partial charge in [-0.2, -0.15) is 0 Å². The number of hydrogen-bond donors (Lipinski definition) is 0. The smallest absolute Gasteiger partial charge is 0.312 e. The van der Waals surface area contributed by atoms with Crippen molar-refractivity contribution in [3.63, 3.8) is 0 Å². The van der Waals surface area contributed by atoms with Crippen LogP contribution in [0.25, 0.3) is 0 Å². The topological polar surface area (TPSA) is 52.6 Å². The maximum absolute atomic E-state index is 13.4. The molecule has 5 aliphatic rings. The van der Waals surface area contributed by atoms with Crippen molar-refractivity contribution in [3.05, 3.63) is 12.2 Å². The van der Waals surface area contributed by atoms with Crippen LogP contribution < -0.4 is 0 Å². The van der Waals surface area contributed by atoms with Crippen molar-refractivity contribution in [2.75, 3.05) is 7.11 Å². The fourth-order valence-electron chi connectivity index (χ4n) is 12.1. The average molecular weight is 513 g/mol. The van der Waals surface area contributed by atoms with Crippen molar-refractivity contribution in [1.82, 2.24) is 0 Å². The lowest BCUT2D eigenvalue weighted by molar-refractivity contribution is -0.250. The second-order valence-corrected chi connectivity index (χ2v) is 15.3. The van der Waals surface area contributed by atoms with Gasteiger partial charge in [-0.15, -0.1) is 0 Å². The number of ether oxygens (including phenoxy) is 2. The van der Waals surface area contributed by atoms with E-state index in [0.717, 1.165) is 38.5 Å². The van der Waals surface area contributed by atoms with Crippen LogP contribution in [0.5, 0.6) is 0 Å². The summed E-state index contributed by atoms with van der Waals surface area (Å²) >= 11 is 0. The molecule has 0 radical (unpaired) electrons. The van der Waals surface area contributed by atoms with Crippen LogP contribution in [-0.4, -0.2) is 25.2 Å². The first-order valence-electron chi connectivity index (χ1n) is 15.1. The number of rotatable bonds is 3. The minimum Gasteiger partial charge on any atom is -0.469 e. The summed E-state index contributed by atoms with van der Waals surface area (Å²) in [7, 11) is 1.59. The zero-order valence-corrected chi connectivity index (χ0v) is 24.9. The fourth-order valence-corrected chi connectivity index (χ4v) is 12.1. The third-order valence-corrected chi connectivity index (χ3v) is 13.9. The van der Waals surface area contributed by atoms with E-state index in [-0.39, 0.29) is 45.1 Å². The predicted octanol–water partition coefficient (Wildman–Crippen LogP) is 7.75. The lowest BCUT2D eigenvalue weighted by Crippen LogP contribution is -2.67. The fraction of sp³-hybridized carbons (Fsp3) is 0.879. The molecule has 0 amide bonds. The molecule has 0 heterocycles. The number of hydrogen-bond acceptors (Lipinski definition) is 4. The van der Waals surface area contributed by atoms with Gasteiger partial charge in [0.25, 0.3) is 0 Å². The highest BCUT2D eigenvalue weighted by atomic mass is 16.5. The first-order valence-corrected chi connectivity index (χ1v) is 15.1. The molecule has 0 bridgehead atoms. The summed E-state index contributed by atoms with van der Waals surface area (Å²) < 4.78 is 11.4. The molecule has 0 spiro atoms. The first kappa shape index (κ1) is 27.3. The van der Waals surface area contributed by atoms with Gasteiger partial charge in [-0.05, 0) is 117 Å². The molecule has 5 rings (SSSR count). The van der Waals surface area contributed by atoms with Crippen LogP contribution in [0.2, 0.25) is 0 Å². The van der Waals surface area contributed by atoms with Crippen molar-refractivity contribution in [2.45, 2.75) is 119 Å². The van der Waals surface area contributed by atoms with E-state index < -0.39 is 0 Å². The normalized spacial score (nSPS) is 50.1. The molecule has 0 N–H and O–H groups in total. The Morgan fingerprint density at radius 1 is 0.784 bits per heavy atom. The molecule has 0 aliphatic heterocycles. The van der Waals surface area contributed by atoms with Crippen molar-refractivity contribution in [1.29, 1.82) is 0 Å². The molecule has 208 valence electrons. The quantitative estimate of drug-likeness (QED) is 0.286. The Kier molecular flexibility index (Phi) is 6.33. The standard InChI is InChI=1S/C33H52O4/c1-20(2)22-12-17-33(28(35)36-9)19-18-31(7)23(27(22)33)10-11-25-30(6)15-14-26(37-21(3)34)29(4,5)24(30)13-16-32(25,31)8/h22-27H,1,10-19H2,2-9H3/t22-,23+,24+,25+,26-,27+,30-,31+,32+,33-/m0/s1. The van der Waals surface area contributed by atoms with Crippen LogP contribution in [0, 0.1) is 56.7 Å². The lowest BCUT2D eigenvalue weighted by atomic mass is 9.32. The van der Waals surface area contributed by atoms with E-state index in [1.165, 1.54) is 31.3 Å². The number of carbonyl (C=O) groups is 2. The van der Waals surface area contributed by atoms with Crippen molar-refractivity contribution < 1.29 is 19.1 Å². The molecule has 10 atom stereocenters. The monoisotopic (exact) mass is 512 g/mol. The van der Waals surface area contributed by atoms with Gasteiger partial charge >= 0.3 is 11.9 Å². The van der Waals surface area contributed by atoms with Crippen LogP contribution >= 0.6 is 0 Å². The van der Waals surface area contributed by atoms with Crippen molar-refractivity contribution >= 4 is 11.9 Å². The average Bonchev–Trinajstić information content (AvgIpc) is 3.22. The van der Waals surface area contributed by atoms with Gasteiger partial charge in [-0.25, -0.2) is 0 Å². The molecule has 5 saturated carbocycles. The zero-order valence-electron chi connectivity index (χ0n) is 24.9. The van der Waals surface area contributed by atoms with Gasteiger partial charge in [0.1, 0.15) is 6.10 Å². The second kappa shape index (κ2) is 8.59. The zero-order chi connectivity index (χ0) is 27.2. The van der Waals surface area contributed by atoms with Gasteiger partial charge in [-0.1, -0.05) is 46.8 Å². The Hall–Kier alpha value is -1.32. The van der Waals surface area contributed by atoms with Gasteiger partial charge in [-0.3, -0.25) is 9.59 Å². The van der Waals surface area contributed by atoms with Gasteiger partial charge in [0.05, 0.1) is 12.5 Å². The summed E-state index contributed by atoms with van der Waals surface area (Å²) in [6.45, 7) is 20.7. The SMILES string of the molecule is C=C(C)[C@@H]1CC[C@]2(C(=O)OC)CC[C@]3(C)[C@H](CC[C@@H]4[C@@]5(C)CC[C@H](OC(C)=O)C(C)(C)[C@H]5CC[C@]43C)[C@@H]12. The van der Waals surface area contributed by atoms with Crippen LogP contribution in [-0.2, 0) is 19.1 Å². The molecule has 4 heteroatoms. The summed E-state index contributed by atoms with van der Waals surface area (Å²) in [6, 6.07) is 0. The predicted molar refractivity (Wildman–Crippen MR) is 147 cm³/mol. The molecule has 0 aromatic heterocycles. The van der Waals surface area contributed by atoms with Crippen LogP contribution in [0.4, 0.5) is 0 Å². The number of esters is 2. The molecule has 0 unspecified atom stereocenters. The van der Waals surface area contributed by atoms with Crippen molar-refractivity contribution in [3.8, 4) is 0 Å². The summed E-state index contributed by atoms with van der Waals surface area (Å²) in [4.78, 5) is 25.3. The van der Waals surface area contributed by atoms with E-state index in [2.05, 4.69) is 48.1 Å². The Morgan fingerprint density at radius 2 is 1.49 bits per heavy atom. The molecule has 5 aliphatic carbocycles. The van der Waals surface area contributed by atoms with E-state index in [1.54, 1.807) is 14.0 Å². The molecular formula is C33H52O4. The molecule has 0 aromatic carbocycles. The van der Waals surface area contributed by atoms with E-state index >= 15 is 0 Å². The highest BCUT2D eigenvalue weighted by Crippen LogP contribution is 2.77. The second-order valence-electron chi connectivity index (χ2n) is 15.3. The van der Waals surface area contributed by atoms with E-state index in [9.17, 15) is 9.59 Å². The van der Waals surface area contributed by atoms with Crippen LogP contribution in [0.3, 0.4) is 0 Å². The number of allylic oxidation sites excluding steroid dienone is 1. The Balaban J connectivity index is 1.52.